The number of carboxylic acid groups (broad SMARTS) is 1. The highest BCUT2D eigenvalue weighted by atomic mass is 16.4. The van der Waals surface area contributed by atoms with Crippen LogP contribution in [-0.4, -0.2) is 28.1 Å². The Morgan fingerprint density at radius 3 is 2.41 bits per heavy atom. The number of carbonyl (C=O) groups is 2. The molecular weight excluding hydrogens is 424 g/mol. The van der Waals surface area contributed by atoms with Crippen LogP contribution < -0.4 is 0 Å². The first kappa shape index (κ1) is 25.4. The summed E-state index contributed by atoms with van der Waals surface area (Å²) in [6.07, 6.45) is 11.3. The fourth-order valence-corrected chi connectivity index (χ4v) is 8.68. The third kappa shape index (κ3) is 3.58. The van der Waals surface area contributed by atoms with Crippen molar-refractivity contribution in [2.24, 2.45) is 39.4 Å². The van der Waals surface area contributed by atoms with Crippen molar-refractivity contribution in [1.82, 2.24) is 0 Å². The Balaban J connectivity index is 1.60. The molecule has 0 aliphatic heterocycles. The van der Waals surface area contributed by atoms with Crippen LogP contribution in [0.2, 0.25) is 0 Å². The van der Waals surface area contributed by atoms with Gasteiger partial charge in [-0.15, -0.1) is 0 Å². The topological polar surface area (TPSA) is 74.6 Å². The largest absolute Gasteiger partial charge is 0.478 e. The van der Waals surface area contributed by atoms with Gasteiger partial charge in [0, 0.05) is 23.8 Å². The van der Waals surface area contributed by atoms with Crippen molar-refractivity contribution in [3.05, 3.63) is 35.5 Å². The third-order valence-corrected chi connectivity index (χ3v) is 11.1. The maximum atomic E-state index is 12.6. The summed E-state index contributed by atoms with van der Waals surface area (Å²) in [6, 6.07) is 0. The van der Waals surface area contributed by atoms with E-state index in [0.29, 0.717) is 18.3 Å². The van der Waals surface area contributed by atoms with Crippen LogP contribution in [0.4, 0.5) is 0 Å². The van der Waals surface area contributed by atoms with Crippen molar-refractivity contribution in [2.45, 2.75) is 99.0 Å². The second kappa shape index (κ2) is 8.18. The molecule has 0 aromatic carbocycles. The number of Topliss-reactive ketones (excluding diaryl/α,β-unsaturated/α-hetero) is 1. The highest BCUT2D eigenvalue weighted by Crippen LogP contribution is 2.70. The van der Waals surface area contributed by atoms with Crippen LogP contribution in [0.5, 0.6) is 0 Å². The molecule has 0 saturated heterocycles. The van der Waals surface area contributed by atoms with E-state index in [2.05, 4.69) is 60.3 Å². The van der Waals surface area contributed by atoms with E-state index in [1.165, 1.54) is 5.57 Å². The predicted octanol–water partition coefficient (Wildman–Crippen LogP) is 6.50. The molecule has 7 unspecified atom stereocenters. The van der Waals surface area contributed by atoms with E-state index in [0.717, 1.165) is 38.5 Å². The second-order valence-corrected chi connectivity index (χ2v) is 13.2. The van der Waals surface area contributed by atoms with Gasteiger partial charge in [-0.3, -0.25) is 4.79 Å². The van der Waals surface area contributed by atoms with E-state index in [1.54, 1.807) is 5.57 Å². The summed E-state index contributed by atoms with van der Waals surface area (Å²) in [5.41, 5.74) is 3.20. The molecule has 0 spiro atoms. The number of aliphatic carboxylic acids is 1. The van der Waals surface area contributed by atoms with Crippen molar-refractivity contribution in [3.8, 4) is 0 Å². The molecule has 2 fully saturated rings. The number of aliphatic hydroxyl groups excluding tert-OH is 1. The first-order valence-corrected chi connectivity index (χ1v) is 13.2. The lowest BCUT2D eigenvalue weighted by atomic mass is 9.44. The number of carbonyl (C=O) groups excluding carboxylic acids is 1. The number of aliphatic hydroxyl groups is 1. The molecule has 4 aliphatic carbocycles. The number of fused-ring (bicyclic) bond motifs is 5. The number of ketones is 1. The third-order valence-electron chi connectivity index (χ3n) is 11.1. The minimum absolute atomic E-state index is 0.0194. The quantitative estimate of drug-likeness (QED) is 0.345. The van der Waals surface area contributed by atoms with Crippen LogP contribution in [0.15, 0.2) is 35.5 Å². The van der Waals surface area contributed by atoms with Gasteiger partial charge in [0.15, 0.2) is 0 Å². The molecule has 2 saturated carbocycles. The predicted molar refractivity (Wildman–Crippen MR) is 135 cm³/mol. The molecule has 34 heavy (non-hydrogen) atoms. The van der Waals surface area contributed by atoms with Crippen molar-refractivity contribution in [3.63, 3.8) is 0 Å². The highest BCUT2D eigenvalue weighted by Gasteiger charge is 2.61. The van der Waals surface area contributed by atoms with Crippen molar-refractivity contribution >= 4 is 11.8 Å². The minimum Gasteiger partial charge on any atom is -0.478 e. The lowest BCUT2D eigenvalue weighted by Crippen LogP contribution is -2.55. The summed E-state index contributed by atoms with van der Waals surface area (Å²) in [4.78, 5) is 23.8. The van der Waals surface area contributed by atoms with E-state index in [9.17, 15) is 14.7 Å². The van der Waals surface area contributed by atoms with Crippen LogP contribution in [0.1, 0.15) is 92.9 Å². The van der Waals surface area contributed by atoms with Gasteiger partial charge < -0.3 is 10.2 Å². The fraction of sp³-hybridized carbons (Fsp3) is 0.733. The van der Waals surface area contributed by atoms with Crippen LogP contribution >= 0.6 is 0 Å². The average Bonchev–Trinajstić information content (AvgIpc) is 3.03. The number of rotatable bonds is 6. The van der Waals surface area contributed by atoms with Gasteiger partial charge in [0.25, 0.3) is 0 Å². The maximum Gasteiger partial charge on any atom is 0.331 e. The van der Waals surface area contributed by atoms with Gasteiger partial charge >= 0.3 is 5.97 Å². The zero-order valence-electron chi connectivity index (χ0n) is 22.0. The van der Waals surface area contributed by atoms with Crippen LogP contribution in [-0.2, 0) is 9.59 Å². The van der Waals surface area contributed by atoms with Gasteiger partial charge in [-0.05, 0) is 72.5 Å². The molecule has 0 heterocycles. The molecule has 0 amide bonds. The molecule has 2 N–H and O–H groups in total. The molecule has 0 radical (unpaired) electrons. The second-order valence-electron chi connectivity index (χ2n) is 13.2. The first-order valence-electron chi connectivity index (χ1n) is 13.2. The van der Waals surface area contributed by atoms with Crippen LogP contribution in [0.25, 0.3) is 0 Å². The summed E-state index contributed by atoms with van der Waals surface area (Å²) in [5.74, 6) is 0.0468. The van der Waals surface area contributed by atoms with E-state index < -0.39 is 5.97 Å². The summed E-state index contributed by atoms with van der Waals surface area (Å²) < 4.78 is 0. The average molecular weight is 469 g/mol. The first-order chi connectivity index (χ1) is 15.7. The van der Waals surface area contributed by atoms with Gasteiger partial charge in [-0.1, -0.05) is 71.4 Å². The fourth-order valence-electron chi connectivity index (χ4n) is 8.68. The van der Waals surface area contributed by atoms with Gasteiger partial charge in [0.05, 0.1) is 6.10 Å². The van der Waals surface area contributed by atoms with Crippen molar-refractivity contribution < 1.29 is 19.8 Å². The van der Waals surface area contributed by atoms with Gasteiger partial charge in [-0.2, -0.15) is 0 Å². The Bertz CT molecular complexity index is 970. The lowest BCUT2D eigenvalue weighted by Gasteiger charge is -2.61. The molecule has 0 aromatic rings. The SMILES string of the molecule is C=C(CC(=O)CC(C)C1(C)CCC2(C)C3=CCC4C(C)(C)C(O)CCC4(C)C3CC=C21)C(=O)O. The summed E-state index contributed by atoms with van der Waals surface area (Å²) >= 11 is 0. The summed E-state index contributed by atoms with van der Waals surface area (Å²) in [5, 5.41) is 19.9. The van der Waals surface area contributed by atoms with E-state index in [4.69, 9.17) is 5.11 Å². The van der Waals surface area contributed by atoms with E-state index in [-0.39, 0.29) is 51.5 Å². The summed E-state index contributed by atoms with van der Waals surface area (Å²) in [6.45, 7) is 17.4. The monoisotopic (exact) mass is 468 g/mol. The highest BCUT2D eigenvalue weighted by molar-refractivity contribution is 5.94. The smallest absolute Gasteiger partial charge is 0.331 e. The molecule has 4 heteroatoms. The van der Waals surface area contributed by atoms with Gasteiger partial charge in [-0.25, -0.2) is 4.79 Å². The molecular formula is C30H44O4. The molecule has 0 bridgehead atoms. The Kier molecular flexibility index (Phi) is 6.12. The van der Waals surface area contributed by atoms with Gasteiger partial charge in [0.1, 0.15) is 5.78 Å². The zero-order chi connectivity index (χ0) is 25.3. The molecule has 188 valence electrons. The Hall–Kier alpha value is -1.68. The van der Waals surface area contributed by atoms with Crippen molar-refractivity contribution in [1.29, 1.82) is 0 Å². The minimum atomic E-state index is -1.09. The maximum absolute atomic E-state index is 12.6. The Labute approximate surface area is 205 Å². The summed E-state index contributed by atoms with van der Waals surface area (Å²) in [7, 11) is 0. The lowest BCUT2D eigenvalue weighted by molar-refractivity contribution is -0.134. The normalized spacial score (nSPS) is 41.3. The van der Waals surface area contributed by atoms with E-state index in [1.807, 2.05) is 0 Å². The number of hydrogen-bond donors (Lipinski definition) is 2. The number of allylic oxidation sites excluding steroid dienone is 4. The number of carboxylic acids is 1. The standard InChI is InChI=1S/C30H44O4/c1-18(26(33)34)16-20(31)17-19(2)28(5)14-15-30(7)22-8-10-23-27(3,4)25(32)12-13-29(23,6)21(22)9-11-24(28)30/h8,11,19,21,23,25,32H,1,9-10,12-17H2,2-7H3,(H,33,34). The molecule has 4 rings (SSSR count). The zero-order valence-corrected chi connectivity index (χ0v) is 22.0. The van der Waals surface area contributed by atoms with Crippen molar-refractivity contribution in [2.75, 3.05) is 0 Å². The molecule has 4 nitrogen and oxygen atoms in total. The Morgan fingerprint density at radius 1 is 1.09 bits per heavy atom. The molecule has 4 aliphatic rings. The van der Waals surface area contributed by atoms with Crippen LogP contribution in [0, 0.1) is 39.4 Å². The molecule has 7 atom stereocenters. The Morgan fingerprint density at radius 2 is 1.76 bits per heavy atom. The van der Waals surface area contributed by atoms with Crippen LogP contribution in [0.3, 0.4) is 0 Å². The van der Waals surface area contributed by atoms with E-state index >= 15 is 0 Å². The molecule has 0 aromatic heterocycles. The number of hydrogen-bond acceptors (Lipinski definition) is 3. The van der Waals surface area contributed by atoms with Gasteiger partial charge in [0.2, 0.25) is 0 Å².